The predicted molar refractivity (Wildman–Crippen MR) is 63.9 cm³/mol. The van der Waals surface area contributed by atoms with Gasteiger partial charge in [-0.05, 0) is 24.7 Å². The maximum atomic E-state index is 12.0. The number of hydrogen-bond acceptors (Lipinski definition) is 2. The largest absolute Gasteiger partial charge is 0.258 e. The van der Waals surface area contributed by atoms with Gasteiger partial charge in [0.25, 0.3) is 0 Å². The van der Waals surface area contributed by atoms with Crippen LogP contribution in [0.1, 0.15) is 18.9 Å². The molecule has 2 rings (SSSR count). The quantitative estimate of drug-likeness (QED) is 0.732. The van der Waals surface area contributed by atoms with Crippen molar-refractivity contribution in [2.75, 3.05) is 11.5 Å². The third kappa shape index (κ3) is 1.75. The molecule has 0 spiro atoms. The summed E-state index contributed by atoms with van der Waals surface area (Å²) in [7, 11) is -0.732. The molecule has 1 fully saturated rings. The molecular weight excluding hydrogens is 212 g/mol. The van der Waals surface area contributed by atoms with Gasteiger partial charge in [-0.15, -0.1) is 11.8 Å². The highest BCUT2D eigenvalue weighted by Gasteiger charge is 2.36. The van der Waals surface area contributed by atoms with E-state index in [9.17, 15) is 4.21 Å². The molecule has 1 aliphatic rings. The number of rotatable bonds is 1. The molecule has 1 nitrogen and oxygen atoms in total. The monoisotopic (exact) mass is 226 g/mol. The average Bonchev–Trinajstić information content (AvgIpc) is 2.24. The topological polar surface area (TPSA) is 17.1 Å². The van der Waals surface area contributed by atoms with Crippen molar-refractivity contribution in [1.29, 1.82) is 0 Å². The SMILES string of the molecule is C[C@]1(c2ccccc2)SCCC[S@@]1=O. The lowest BCUT2D eigenvalue weighted by Gasteiger charge is -2.32. The molecule has 14 heavy (non-hydrogen) atoms. The number of benzene rings is 1. The molecule has 3 heteroatoms. The molecule has 1 saturated heterocycles. The molecule has 76 valence electrons. The molecule has 0 unspecified atom stereocenters. The van der Waals surface area contributed by atoms with Crippen LogP contribution in [0.5, 0.6) is 0 Å². The van der Waals surface area contributed by atoms with Crippen molar-refractivity contribution >= 4 is 22.6 Å². The first kappa shape index (κ1) is 10.2. The van der Waals surface area contributed by atoms with Crippen molar-refractivity contribution in [1.82, 2.24) is 0 Å². The lowest BCUT2D eigenvalue weighted by Crippen LogP contribution is -2.30. The van der Waals surface area contributed by atoms with E-state index in [1.807, 2.05) is 30.0 Å². The molecule has 0 radical (unpaired) electrons. The molecule has 1 heterocycles. The minimum Gasteiger partial charge on any atom is -0.258 e. The predicted octanol–water partition coefficient (Wildman–Crippen LogP) is 2.74. The van der Waals surface area contributed by atoms with Gasteiger partial charge in [0.05, 0.1) is 0 Å². The second-order valence-corrected chi connectivity index (χ2v) is 7.25. The van der Waals surface area contributed by atoms with Crippen molar-refractivity contribution in [2.24, 2.45) is 0 Å². The Morgan fingerprint density at radius 1 is 1.36 bits per heavy atom. The molecule has 0 saturated carbocycles. The maximum absolute atomic E-state index is 12.0. The Morgan fingerprint density at radius 3 is 2.71 bits per heavy atom. The van der Waals surface area contributed by atoms with Crippen LogP contribution in [-0.4, -0.2) is 15.7 Å². The van der Waals surface area contributed by atoms with Crippen LogP contribution in [-0.2, 0) is 14.9 Å². The van der Waals surface area contributed by atoms with E-state index >= 15 is 0 Å². The summed E-state index contributed by atoms with van der Waals surface area (Å²) in [5.41, 5.74) is 1.20. The molecule has 1 aromatic rings. The van der Waals surface area contributed by atoms with Crippen molar-refractivity contribution < 1.29 is 4.21 Å². The van der Waals surface area contributed by atoms with E-state index in [-0.39, 0.29) is 4.08 Å². The molecule has 1 aliphatic heterocycles. The Hall–Kier alpha value is -0.280. The van der Waals surface area contributed by atoms with Crippen molar-refractivity contribution in [3.63, 3.8) is 0 Å². The van der Waals surface area contributed by atoms with Crippen LogP contribution < -0.4 is 0 Å². The van der Waals surface area contributed by atoms with Gasteiger partial charge in [-0.3, -0.25) is 4.21 Å². The Morgan fingerprint density at radius 2 is 2.07 bits per heavy atom. The fourth-order valence-electron chi connectivity index (χ4n) is 1.67. The van der Waals surface area contributed by atoms with Gasteiger partial charge in [0, 0.05) is 16.6 Å². The third-order valence-electron chi connectivity index (χ3n) is 2.58. The highest BCUT2D eigenvalue weighted by atomic mass is 32.2. The molecule has 0 N–H and O–H groups in total. The molecule has 0 bridgehead atoms. The zero-order valence-corrected chi connectivity index (χ0v) is 9.87. The zero-order valence-electron chi connectivity index (χ0n) is 8.23. The maximum Gasteiger partial charge on any atom is 0.113 e. The standard InChI is InChI=1S/C11H14OS2/c1-11(10-6-3-2-4-7-10)13-8-5-9-14(11)12/h2-4,6-7H,5,8-9H2,1H3/t11-,14-/m0/s1. The van der Waals surface area contributed by atoms with Gasteiger partial charge in [0.1, 0.15) is 4.08 Å². The fourth-order valence-corrected chi connectivity index (χ4v) is 5.06. The van der Waals surface area contributed by atoms with E-state index < -0.39 is 10.8 Å². The number of thioether (sulfide) groups is 1. The molecule has 2 atom stereocenters. The summed E-state index contributed by atoms with van der Waals surface area (Å²) in [6.45, 7) is 2.10. The van der Waals surface area contributed by atoms with Gasteiger partial charge in [0.2, 0.25) is 0 Å². The van der Waals surface area contributed by atoms with Crippen LogP contribution in [0, 0.1) is 0 Å². The van der Waals surface area contributed by atoms with E-state index in [0.717, 1.165) is 17.9 Å². The highest BCUT2D eigenvalue weighted by Crippen LogP contribution is 2.42. The van der Waals surface area contributed by atoms with Crippen LogP contribution in [0.2, 0.25) is 0 Å². The van der Waals surface area contributed by atoms with Gasteiger partial charge in [-0.1, -0.05) is 30.3 Å². The highest BCUT2D eigenvalue weighted by molar-refractivity contribution is 8.12. The molecule has 0 amide bonds. The van der Waals surface area contributed by atoms with Crippen LogP contribution >= 0.6 is 11.8 Å². The van der Waals surface area contributed by atoms with Crippen LogP contribution in [0.4, 0.5) is 0 Å². The van der Waals surface area contributed by atoms with E-state index in [1.54, 1.807) is 0 Å². The van der Waals surface area contributed by atoms with Gasteiger partial charge in [-0.2, -0.15) is 0 Å². The van der Waals surface area contributed by atoms with E-state index in [0.29, 0.717) is 0 Å². The minimum absolute atomic E-state index is 0.181. The first-order valence-electron chi connectivity index (χ1n) is 4.81. The van der Waals surface area contributed by atoms with Gasteiger partial charge >= 0.3 is 0 Å². The molecule has 1 aromatic carbocycles. The third-order valence-corrected chi connectivity index (χ3v) is 6.54. The average molecular weight is 226 g/mol. The second kappa shape index (κ2) is 4.07. The summed E-state index contributed by atoms with van der Waals surface area (Å²) in [5.74, 6) is 1.97. The van der Waals surface area contributed by atoms with Crippen LogP contribution in [0.25, 0.3) is 0 Å². The van der Waals surface area contributed by atoms with Crippen molar-refractivity contribution in [3.05, 3.63) is 35.9 Å². The summed E-state index contributed by atoms with van der Waals surface area (Å²) >= 11 is 1.83. The Bertz CT molecular complexity index is 336. The lowest BCUT2D eigenvalue weighted by molar-refractivity contribution is 0.667. The summed E-state index contributed by atoms with van der Waals surface area (Å²) in [6, 6.07) is 10.2. The lowest BCUT2D eigenvalue weighted by atomic mass is 10.2. The van der Waals surface area contributed by atoms with E-state index in [1.165, 1.54) is 5.56 Å². The van der Waals surface area contributed by atoms with E-state index in [4.69, 9.17) is 0 Å². The number of hydrogen-bond donors (Lipinski definition) is 0. The first-order valence-corrected chi connectivity index (χ1v) is 7.12. The normalized spacial score (nSPS) is 32.8. The van der Waals surface area contributed by atoms with Gasteiger partial charge in [0.15, 0.2) is 0 Å². The van der Waals surface area contributed by atoms with Crippen LogP contribution in [0.15, 0.2) is 30.3 Å². The van der Waals surface area contributed by atoms with Crippen molar-refractivity contribution in [2.45, 2.75) is 17.4 Å². The summed E-state index contributed by atoms with van der Waals surface area (Å²) in [6.07, 6.45) is 1.08. The Kier molecular flexibility index (Phi) is 2.98. The Labute approximate surface area is 91.7 Å². The first-order chi connectivity index (χ1) is 6.73. The molecule has 0 aromatic heterocycles. The van der Waals surface area contributed by atoms with Gasteiger partial charge in [-0.25, -0.2) is 0 Å². The zero-order chi connectivity index (χ0) is 10.0. The summed E-state index contributed by atoms with van der Waals surface area (Å²) in [5, 5.41) is 0. The van der Waals surface area contributed by atoms with E-state index in [2.05, 4.69) is 19.1 Å². The minimum atomic E-state index is -0.732. The summed E-state index contributed by atoms with van der Waals surface area (Å²) in [4.78, 5) is 0. The fraction of sp³-hybridized carbons (Fsp3) is 0.455. The van der Waals surface area contributed by atoms with Crippen molar-refractivity contribution in [3.8, 4) is 0 Å². The smallest absolute Gasteiger partial charge is 0.113 e. The summed E-state index contributed by atoms with van der Waals surface area (Å²) < 4.78 is 11.8. The molecular formula is C11H14OS2. The van der Waals surface area contributed by atoms with Crippen LogP contribution in [0.3, 0.4) is 0 Å². The molecule has 0 aliphatic carbocycles. The second-order valence-electron chi connectivity index (χ2n) is 3.56. The Balaban J connectivity index is 2.35. The van der Waals surface area contributed by atoms with Gasteiger partial charge < -0.3 is 0 Å².